The average molecular weight is 523 g/mol. The van der Waals surface area contributed by atoms with Crippen molar-refractivity contribution in [2.45, 2.75) is 6.92 Å². The van der Waals surface area contributed by atoms with E-state index >= 15 is 0 Å². The first kappa shape index (κ1) is 23.3. The molecule has 4 rings (SSSR count). The summed E-state index contributed by atoms with van der Waals surface area (Å²) in [4.78, 5) is 36.9. The number of aryl methyl sites for hydroxylation is 1. The molecule has 0 atom stereocenters. The summed E-state index contributed by atoms with van der Waals surface area (Å²) >= 11 is 3.33. The lowest BCUT2D eigenvalue weighted by molar-refractivity contribution is 0.0600. The van der Waals surface area contributed by atoms with Crippen molar-refractivity contribution >= 4 is 38.7 Å². The molecule has 8 heteroatoms. The number of fused-ring (bicyclic) bond motifs is 1. The molecule has 0 aliphatic carbocycles. The van der Waals surface area contributed by atoms with Gasteiger partial charge in [0.05, 0.1) is 18.1 Å². The largest absolute Gasteiger partial charge is 0.485 e. The van der Waals surface area contributed by atoms with E-state index in [0.29, 0.717) is 33.6 Å². The van der Waals surface area contributed by atoms with Crippen LogP contribution in [0.5, 0.6) is 17.2 Å². The highest BCUT2D eigenvalue weighted by Gasteiger charge is 2.16. The number of rotatable bonds is 7. The van der Waals surface area contributed by atoms with Gasteiger partial charge in [-0.25, -0.2) is 4.79 Å². The van der Waals surface area contributed by atoms with E-state index in [1.54, 1.807) is 73.7 Å². The molecule has 0 N–H and O–H groups in total. The molecule has 1 heterocycles. The van der Waals surface area contributed by atoms with Crippen LogP contribution in [-0.4, -0.2) is 25.5 Å². The van der Waals surface area contributed by atoms with Gasteiger partial charge in [-0.15, -0.1) is 0 Å². The van der Waals surface area contributed by atoms with Crippen LogP contribution in [0.3, 0.4) is 0 Å². The van der Waals surface area contributed by atoms with Gasteiger partial charge in [0.1, 0.15) is 22.8 Å². The van der Waals surface area contributed by atoms with Crippen LogP contribution < -0.4 is 14.9 Å². The Balaban J connectivity index is 1.53. The van der Waals surface area contributed by atoms with Crippen LogP contribution in [0.1, 0.15) is 26.5 Å². The van der Waals surface area contributed by atoms with Gasteiger partial charge >= 0.3 is 5.97 Å². The first-order valence-corrected chi connectivity index (χ1v) is 11.0. The average Bonchev–Trinajstić information content (AvgIpc) is 2.85. The fraction of sp³-hybridized carbons (Fsp3) is 0.115. The first-order chi connectivity index (χ1) is 16.4. The number of ether oxygens (including phenoxy) is 3. The second-order valence-corrected chi connectivity index (χ2v) is 8.23. The number of Topliss-reactive ketones (excluding diaryl/α,β-unsaturated/α-hetero) is 1. The van der Waals surface area contributed by atoms with Gasteiger partial charge in [-0.3, -0.25) is 9.59 Å². The van der Waals surface area contributed by atoms with E-state index in [0.717, 1.165) is 4.47 Å². The maximum absolute atomic E-state index is 13.0. The van der Waals surface area contributed by atoms with Gasteiger partial charge in [-0.2, -0.15) is 0 Å². The third-order valence-electron chi connectivity index (χ3n) is 5.02. The Hall–Kier alpha value is -3.91. The van der Waals surface area contributed by atoms with Crippen molar-refractivity contribution < 1.29 is 28.2 Å². The highest BCUT2D eigenvalue weighted by Crippen LogP contribution is 2.27. The fourth-order valence-corrected chi connectivity index (χ4v) is 3.50. The maximum atomic E-state index is 13.0. The molecule has 0 spiro atoms. The van der Waals surface area contributed by atoms with Crippen molar-refractivity contribution in [3.8, 4) is 17.2 Å². The van der Waals surface area contributed by atoms with E-state index in [1.807, 2.05) is 0 Å². The van der Waals surface area contributed by atoms with Crippen LogP contribution in [0.25, 0.3) is 11.0 Å². The van der Waals surface area contributed by atoms with Crippen molar-refractivity contribution in [2.24, 2.45) is 0 Å². The van der Waals surface area contributed by atoms with Gasteiger partial charge in [0.2, 0.25) is 11.2 Å². The molecule has 172 valence electrons. The van der Waals surface area contributed by atoms with Crippen molar-refractivity contribution in [2.75, 3.05) is 13.7 Å². The van der Waals surface area contributed by atoms with E-state index < -0.39 is 5.97 Å². The molecule has 3 aromatic carbocycles. The van der Waals surface area contributed by atoms with Gasteiger partial charge < -0.3 is 18.6 Å². The molecule has 0 radical (unpaired) electrons. The topological polar surface area (TPSA) is 92.0 Å². The second-order valence-electron chi connectivity index (χ2n) is 7.31. The Kier molecular flexibility index (Phi) is 6.79. The zero-order valence-corrected chi connectivity index (χ0v) is 19.9. The number of methoxy groups -OCH3 is 1. The number of ketones is 1. The lowest BCUT2D eigenvalue weighted by atomic mass is 10.1. The minimum atomic E-state index is -0.468. The number of benzene rings is 3. The van der Waals surface area contributed by atoms with E-state index in [1.165, 1.54) is 7.11 Å². The molecule has 0 saturated heterocycles. The number of hydrogen-bond donors (Lipinski definition) is 0. The number of esters is 1. The van der Waals surface area contributed by atoms with Gasteiger partial charge in [0.25, 0.3) is 0 Å². The summed E-state index contributed by atoms with van der Waals surface area (Å²) in [5.74, 6) is 0.438. The van der Waals surface area contributed by atoms with Crippen LogP contribution in [-0.2, 0) is 4.74 Å². The second kappa shape index (κ2) is 9.93. The number of halogens is 1. The molecule has 0 fully saturated rings. The Bertz CT molecular complexity index is 1420. The quantitative estimate of drug-likeness (QED) is 0.227. The lowest BCUT2D eigenvalue weighted by Gasteiger charge is -2.10. The van der Waals surface area contributed by atoms with Crippen molar-refractivity contribution in [1.82, 2.24) is 0 Å². The molecule has 0 unspecified atom stereocenters. The van der Waals surface area contributed by atoms with E-state index in [9.17, 15) is 14.4 Å². The standard InChI is InChI=1S/C26H19BrO7/c1-15-25(34-19-9-5-17(6-10-19)26(30)31-2)24(29)21-12-11-20(13-23(21)33-15)32-14-22(28)16-3-7-18(27)8-4-16/h3-13H,14H2,1-2H3. The third-order valence-corrected chi connectivity index (χ3v) is 5.55. The highest BCUT2D eigenvalue weighted by molar-refractivity contribution is 9.10. The van der Waals surface area contributed by atoms with E-state index in [2.05, 4.69) is 20.7 Å². The summed E-state index contributed by atoms with van der Waals surface area (Å²) < 4.78 is 22.7. The molecular weight excluding hydrogens is 504 g/mol. The molecule has 7 nitrogen and oxygen atoms in total. The van der Waals surface area contributed by atoms with Crippen LogP contribution >= 0.6 is 15.9 Å². The van der Waals surface area contributed by atoms with Crippen LogP contribution in [0.4, 0.5) is 0 Å². The minimum Gasteiger partial charge on any atom is -0.485 e. The van der Waals surface area contributed by atoms with Gasteiger partial charge in [0, 0.05) is 16.1 Å². The normalized spacial score (nSPS) is 10.7. The van der Waals surface area contributed by atoms with Crippen LogP contribution in [0.15, 0.2) is 80.4 Å². The Morgan fingerprint density at radius 3 is 2.24 bits per heavy atom. The predicted molar refractivity (Wildman–Crippen MR) is 129 cm³/mol. The van der Waals surface area contributed by atoms with Crippen LogP contribution in [0, 0.1) is 6.92 Å². The van der Waals surface area contributed by atoms with Gasteiger partial charge in [-0.1, -0.05) is 28.1 Å². The van der Waals surface area contributed by atoms with Gasteiger partial charge in [0.15, 0.2) is 12.4 Å². The summed E-state index contributed by atoms with van der Waals surface area (Å²) in [6.07, 6.45) is 0. The molecular formula is C26H19BrO7. The zero-order valence-electron chi connectivity index (χ0n) is 18.3. The Morgan fingerprint density at radius 1 is 0.912 bits per heavy atom. The third kappa shape index (κ3) is 5.02. The molecule has 0 saturated carbocycles. The lowest BCUT2D eigenvalue weighted by Crippen LogP contribution is -2.12. The van der Waals surface area contributed by atoms with Crippen molar-refractivity contribution in [3.05, 3.63) is 98.3 Å². The molecule has 0 bridgehead atoms. The number of carbonyl (C=O) groups excluding carboxylic acids is 2. The predicted octanol–water partition coefficient (Wildman–Crippen LogP) is 5.70. The number of carbonyl (C=O) groups is 2. The maximum Gasteiger partial charge on any atom is 0.337 e. The van der Waals surface area contributed by atoms with E-state index in [-0.39, 0.29) is 29.3 Å². The molecule has 1 aromatic heterocycles. The fourth-order valence-electron chi connectivity index (χ4n) is 3.24. The summed E-state index contributed by atoms with van der Waals surface area (Å²) in [6, 6.07) is 17.9. The first-order valence-electron chi connectivity index (χ1n) is 10.2. The van der Waals surface area contributed by atoms with Crippen molar-refractivity contribution in [1.29, 1.82) is 0 Å². The van der Waals surface area contributed by atoms with Crippen molar-refractivity contribution in [3.63, 3.8) is 0 Å². The Morgan fingerprint density at radius 2 is 1.56 bits per heavy atom. The molecule has 0 aliphatic rings. The number of hydrogen-bond acceptors (Lipinski definition) is 7. The van der Waals surface area contributed by atoms with E-state index in [4.69, 9.17) is 13.9 Å². The Labute approximate surface area is 203 Å². The molecule has 0 aliphatic heterocycles. The molecule has 34 heavy (non-hydrogen) atoms. The minimum absolute atomic E-state index is 0.0393. The highest BCUT2D eigenvalue weighted by atomic mass is 79.9. The zero-order chi connectivity index (χ0) is 24.2. The summed E-state index contributed by atoms with van der Waals surface area (Å²) in [5.41, 5.74) is 0.855. The monoisotopic (exact) mass is 522 g/mol. The molecule has 4 aromatic rings. The van der Waals surface area contributed by atoms with Crippen LogP contribution in [0.2, 0.25) is 0 Å². The summed E-state index contributed by atoms with van der Waals surface area (Å²) in [7, 11) is 1.30. The SMILES string of the molecule is COC(=O)c1ccc(Oc2c(C)oc3cc(OCC(=O)c4ccc(Br)cc4)ccc3c2=O)cc1. The molecule has 0 amide bonds. The summed E-state index contributed by atoms with van der Waals surface area (Å²) in [6.45, 7) is 1.46. The smallest absolute Gasteiger partial charge is 0.337 e. The van der Waals surface area contributed by atoms with Gasteiger partial charge in [-0.05, 0) is 55.5 Å². The summed E-state index contributed by atoms with van der Waals surface area (Å²) in [5, 5.41) is 0.304.